The Morgan fingerprint density at radius 1 is 0.294 bits per heavy atom. The molecule has 0 bridgehead atoms. The molecule has 328 valence electrons. The Morgan fingerprint density at radius 3 is 1.34 bits per heavy atom. The molecule has 0 heterocycles. The third kappa shape index (κ3) is 5.38. The lowest BCUT2D eigenvalue weighted by molar-refractivity contribution is 0.0977. The summed E-state index contributed by atoms with van der Waals surface area (Å²) in [5.41, 5.74) is 18.3. The molecule has 68 heavy (non-hydrogen) atoms. The van der Waals surface area contributed by atoms with E-state index < -0.39 is 0 Å². The first kappa shape index (κ1) is 41.0. The maximum Gasteiger partial charge on any atom is 0.0324 e. The van der Waals surface area contributed by atoms with Gasteiger partial charge in [0.1, 0.15) is 0 Å². The summed E-state index contributed by atoms with van der Waals surface area (Å²) in [4.78, 5) is 0. The van der Waals surface area contributed by atoms with Gasteiger partial charge in [-0.3, -0.25) is 0 Å². The number of hydrogen-bond acceptors (Lipinski definition) is 0. The maximum atomic E-state index is 2.48. The monoisotopic (exact) mass is 872 g/mol. The Hall–Kier alpha value is -7.28. The van der Waals surface area contributed by atoms with Crippen LogP contribution in [-0.2, 0) is 10.8 Å². The first-order chi connectivity index (χ1) is 32.8. The van der Waals surface area contributed by atoms with Crippen molar-refractivity contribution in [2.24, 2.45) is 10.8 Å². The molecule has 0 nitrogen and oxygen atoms in total. The van der Waals surface area contributed by atoms with Gasteiger partial charge in [0, 0.05) is 10.8 Å². The van der Waals surface area contributed by atoms with Gasteiger partial charge in [-0.15, -0.1) is 0 Å². The quantitative estimate of drug-likeness (QED) is 0.123. The van der Waals surface area contributed by atoms with E-state index in [1.807, 2.05) is 0 Å². The molecule has 0 atom stereocenters. The summed E-state index contributed by atoms with van der Waals surface area (Å²) >= 11 is 0. The van der Waals surface area contributed by atoms with E-state index in [9.17, 15) is 0 Å². The second-order valence-corrected chi connectivity index (χ2v) is 22.4. The SMILES string of the molecule is CC1(C)c2ccccc2-c2ccc(-c3c4ccccc4c(-c4ccc(-c5ccc6c7c(ccc6c5)-c5c(c6ccccc6c6ccccc56)C7(C(C)(C)C)C(C)(C)C)cc4)c4ccccc34)cc21. The van der Waals surface area contributed by atoms with Crippen LogP contribution < -0.4 is 0 Å². The molecule has 2 aliphatic rings. The Balaban J connectivity index is 0.953. The van der Waals surface area contributed by atoms with Gasteiger partial charge in [0.2, 0.25) is 0 Å². The van der Waals surface area contributed by atoms with Crippen LogP contribution in [0.4, 0.5) is 0 Å². The zero-order valence-electron chi connectivity index (χ0n) is 40.5. The Morgan fingerprint density at radius 2 is 0.735 bits per heavy atom. The fourth-order valence-corrected chi connectivity index (χ4v) is 14.1. The average molecular weight is 873 g/mol. The van der Waals surface area contributed by atoms with Crippen LogP contribution in [0.15, 0.2) is 194 Å². The van der Waals surface area contributed by atoms with E-state index in [1.54, 1.807) is 0 Å². The normalized spacial score (nSPS) is 14.7. The van der Waals surface area contributed by atoms with Crippen LogP contribution in [-0.4, -0.2) is 0 Å². The topological polar surface area (TPSA) is 0 Å². The zero-order chi connectivity index (χ0) is 46.5. The number of rotatable bonds is 3. The highest BCUT2D eigenvalue weighted by Gasteiger charge is 2.59. The van der Waals surface area contributed by atoms with Gasteiger partial charge in [-0.1, -0.05) is 237 Å². The lowest BCUT2D eigenvalue weighted by Gasteiger charge is -2.54. The molecular formula is C68H56. The first-order valence-corrected chi connectivity index (χ1v) is 24.6. The predicted molar refractivity (Wildman–Crippen MR) is 293 cm³/mol. The van der Waals surface area contributed by atoms with E-state index in [0.29, 0.717) is 0 Å². The fraction of sp³-hybridized carbons (Fsp3) is 0.176. The number of hydrogen-bond donors (Lipinski definition) is 0. The van der Waals surface area contributed by atoms with Crippen molar-refractivity contribution in [3.63, 3.8) is 0 Å². The van der Waals surface area contributed by atoms with Crippen molar-refractivity contribution >= 4 is 53.9 Å². The largest absolute Gasteiger partial charge is 0.0619 e. The van der Waals surface area contributed by atoms with Crippen LogP contribution in [0.25, 0.3) is 109 Å². The van der Waals surface area contributed by atoms with Crippen molar-refractivity contribution in [2.75, 3.05) is 0 Å². The highest BCUT2D eigenvalue weighted by Crippen LogP contribution is 2.68. The number of fused-ring (bicyclic) bond motifs is 15. The molecule has 0 amide bonds. The van der Waals surface area contributed by atoms with Crippen LogP contribution in [0.2, 0.25) is 0 Å². The molecular weight excluding hydrogens is 817 g/mol. The van der Waals surface area contributed by atoms with Crippen molar-refractivity contribution in [3.05, 3.63) is 216 Å². The average Bonchev–Trinajstić information content (AvgIpc) is 3.81. The van der Waals surface area contributed by atoms with Gasteiger partial charge in [0.05, 0.1) is 0 Å². The maximum absolute atomic E-state index is 2.48. The summed E-state index contributed by atoms with van der Waals surface area (Å²) in [7, 11) is 0. The van der Waals surface area contributed by atoms with E-state index in [2.05, 4.69) is 250 Å². The van der Waals surface area contributed by atoms with Crippen molar-refractivity contribution < 1.29 is 0 Å². The first-order valence-electron chi connectivity index (χ1n) is 24.6. The second kappa shape index (κ2) is 14.1. The minimum absolute atomic E-state index is 0.0692. The summed E-state index contributed by atoms with van der Waals surface area (Å²) in [6, 6.07) is 74.0. The molecule has 0 saturated heterocycles. The molecule has 0 saturated carbocycles. The summed E-state index contributed by atoms with van der Waals surface area (Å²) in [6.45, 7) is 19.6. The van der Waals surface area contributed by atoms with Crippen molar-refractivity contribution in [1.82, 2.24) is 0 Å². The van der Waals surface area contributed by atoms with Gasteiger partial charge < -0.3 is 0 Å². The lowest BCUT2D eigenvalue weighted by Crippen LogP contribution is -2.50. The van der Waals surface area contributed by atoms with Crippen molar-refractivity contribution in [1.29, 1.82) is 0 Å². The predicted octanol–water partition coefficient (Wildman–Crippen LogP) is 19.1. The third-order valence-corrected chi connectivity index (χ3v) is 16.5. The molecule has 0 aliphatic heterocycles. The molecule has 2 aliphatic carbocycles. The molecule has 11 aromatic carbocycles. The molecule has 13 rings (SSSR count). The van der Waals surface area contributed by atoms with Crippen molar-refractivity contribution in [3.8, 4) is 55.6 Å². The molecule has 0 heteroatoms. The van der Waals surface area contributed by atoms with Gasteiger partial charge in [0.15, 0.2) is 0 Å². The van der Waals surface area contributed by atoms with E-state index in [4.69, 9.17) is 0 Å². The second-order valence-electron chi connectivity index (χ2n) is 22.4. The molecule has 11 aromatic rings. The highest BCUT2D eigenvalue weighted by atomic mass is 14.6. The van der Waals surface area contributed by atoms with E-state index in [1.165, 1.54) is 132 Å². The van der Waals surface area contributed by atoms with Gasteiger partial charge in [-0.2, -0.15) is 0 Å². The van der Waals surface area contributed by atoms with Crippen LogP contribution in [0.3, 0.4) is 0 Å². The van der Waals surface area contributed by atoms with Crippen LogP contribution in [0, 0.1) is 10.8 Å². The van der Waals surface area contributed by atoms with E-state index >= 15 is 0 Å². The van der Waals surface area contributed by atoms with E-state index in [-0.39, 0.29) is 21.7 Å². The molecule has 0 fully saturated rings. The molecule has 0 radical (unpaired) electrons. The van der Waals surface area contributed by atoms with Crippen LogP contribution in [0.5, 0.6) is 0 Å². The van der Waals surface area contributed by atoms with Crippen LogP contribution in [0.1, 0.15) is 77.6 Å². The summed E-state index contributed by atoms with van der Waals surface area (Å²) in [5, 5.41) is 13.2. The third-order valence-electron chi connectivity index (χ3n) is 16.5. The van der Waals surface area contributed by atoms with Gasteiger partial charge in [-0.25, -0.2) is 0 Å². The summed E-state index contributed by atoms with van der Waals surface area (Å²) in [6.07, 6.45) is 0. The minimum Gasteiger partial charge on any atom is -0.0619 e. The zero-order valence-corrected chi connectivity index (χ0v) is 40.5. The minimum atomic E-state index is -0.277. The summed E-state index contributed by atoms with van der Waals surface area (Å²) in [5.74, 6) is 0. The Kier molecular flexibility index (Phi) is 8.51. The highest BCUT2D eigenvalue weighted by molar-refractivity contribution is 6.22. The Labute approximate surface area is 400 Å². The smallest absolute Gasteiger partial charge is 0.0324 e. The van der Waals surface area contributed by atoms with Gasteiger partial charge in [-0.05, 0) is 155 Å². The molecule has 0 N–H and O–H groups in total. The van der Waals surface area contributed by atoms with Gasteiger partial charge in [0.25, 0.3) is 0 Å². The van der Waals surface area contributed by atoms with Crippen molar-refractivity contribution in [2.45, 2.75) is 66.2 Å². The van der Waals surface area contributed by atoms with E-state index in [0.717, 1.165) is 0 Å². The molecule has 0 spiro atoms. The lowest BCUT2D eigenvalue weighted by atomic mass is 9.49. The molecule has 0 unspecified atom stereocenters. The fourth-order valence-electron chi connectivity index (χ4n) is 14.1. The standard InChI is InChI=1S/C68H56/c1-65(2,3)68(66(4,5)6)63-46-36-33-43(39-44(46)34-38-57(63)62-51-22-11-9-19-47(51)48-20-10-16-27-56(48)64(62)68)41-29-31-42(32-30-41)60-52-23-12-14-25-54(52)61(55-26-15-13-24-53(55)60)45-35-37-50-49-21-17-18-28-58(49)67(7,8)59(50)40-45/h9-40H,1-8H3. The summed E-state index contributed by atoms with van der Waals surface area (Å²) < 4.78 is 0. The van der Waals surface area contributed by atoms with Gasteiger partial charge >= 0.3 is 0 Å². The van der Waals surface area contributed by atoms with Crippen LogP contribution >= 0.6 is 0 Å². The Bertz CT molecular complexity index is 3860. The molecule has 0 aromatic heterocycles. The number of benzene rings is 11.